The van der Waals surface area contributed by atoms with Gasteiger partial charge in [0, 0.05) is 32.1 Å². The first-order valence-electron chi connectivity index (χ1n) is 11.5. The minimum absolute atomic E-state index is 0.151. The van der Waals surface area contributed by atoms with Gasteiger partial charge < -0.3 is 9.64 Å². The molecule has 1 heterocycles. The number of hydrogen-bond acceptors (Lipinski definition) is 4. The Morgan fingerprint density at radius 1 is 1.03 bits per heavy atom. The minimum Gasteiger partial charge on any atom is -0.379 e. The quantitative estimate of drug-likeness (QED) is 0.580. The van der Waals surface area contributed by atoms with Gasteiger partial charge in [-0.05, 0) is 55.4 Å². The molecule has 0 aromatic heterocycles. The first-order chi connectivity index (χ1) is 15.4. The summed E-state index contributed by atoms with van der Waals surface area (Å²) in [5.74, 6) is 0.755. The highest BCUT2D eigenvalue weighted by Gasteiger charge is 2.34. The Hall–Kier alpha value is -2.22. The van der Waals surface area contributed by atoms with Gasteiger partial charge in [-0.25, -0.2) is 8.42 Å². The summed E-state index contributed by atoms with van der Waals surface area (Å²) in [7, 11) is -3.49. The Labute approximate surface area is 191 Å². The predicted molar refractivity (Wildman–Crippen MR) is 124 cm³/mol. The molecule has 32 heavy (non-hydrogen) atoms. The zero-order valence-electron chi connectivity index (χ0n) is 18.7. The second-order valence-electron chi connectivity index (χ2n) is 8.75. The first-order valence-corrected chi connectivity index (χ1v) is 12.9. The van der Waals surface area contributed by atoms with Gasteiger partial charge in [0.15, 0.2) is 0 Å². The van der Waals surface area contributed by atoms with Gasteiger partial charge in [0.2, 0.25) is 15.9 Å². The summed E-state index contributed by atoms with van der Waals surface area (Å²) in [5, 5.41) is 0. The predicted octanol–water partition coefficient (Wildman–Crippen LogP) is 3.47. The Morgan fingerprint density at radius 2 is 1.69 bits per heavy atom. The summed E-state index contributed by atoms with van der Waals surface area (Å²) in [6.07, 6.45) is 3.40. The molecule has 4 rings (SSSR count). The van der Waals surface area contributed by atoms with Crippen LogP contribution < -0.4 is 0 Å². The topological polar surface area (TPSA) is 66.9 Å². The third-order valence-corrected chi connectivity index (χ3v) is 8.38. The molecule has 1 amide bonds. The van der Waals surface area contributed by atoms with E-state index in [1.807, 2.05) is 35.2 Å². The zero-order chi connectivity index (χ0) is 22.6. The van der Waals surface area contributed by atoms with E-state index >= 15 is 0 Å². The fourth-order valence-corrected chi connectivity index (χ4v) is 5.64. The van der Waals surface area contributed by atoms with Gasteiger partial charge >= 0.3 is 0 Å². The van der Waals surface area contributed by atoms with Crippen LogP contribution in [0.3, 0.4) is 0 Å². The molecule has 2 fully saturated rings. The summed E-state index contributed by atoms with van der Waals surface area (Å²) in [6, 6.07) is 17.3. The van der Waals surface area contributed by atoms with Crippen LogP contribution in [0.4, 0.5) is 0 Å². The van der Waals surface area contributed by atoms with Crippen LogP contribution in [-0.4, -0.2) is 55.9 Å². The van der Waals surface area contributed by atoms with Crippen LogP contribution in [0.25, 0.3) is 0 Å². The first kappa shape index (κ1) is 23.0. The van der Waals surface area contributed by atoms with Crippen LogP contribution in [0.2, 0.25) is 0 Å². The maximum atomic E-state index is 13.1. The normalized spacial score (nSPS) is 18.3. The van der Waals surface area contributed by atoms with E-state index in [0.29, 0.717) is 56.5 Å². The smallest absolute Gasteiger partial charge is 0.243 e. The van der Waals surface area contributed by atoms with Crippen molar-refractivity contribution in [3.05, 3.63) is 65.7 Å². The molecule has 172 valence electrons. The largest absolute Gasteiger partial charge is 0.379 e. The number of ether oxygens (including phenoxy) is 1. The lowest BCUT2D eigenvalue weighted by Crippen LogP contribution is -2.40. The number of carbonyl (C=O) groups is 1. The number of benzene rings is 2. The maximum absolute atomic E-state index is 13.1. The summed E-state index contributed by atoms with van der Waals surface area (Å²) < 4.78 is 32.3. The molecule has 0 N–H and O–H groups in total. The monoisotopic (exact) mass is 456 g/mol. The van der Waals surface area contributed by atoms with E-state index in [4.69, 9.17) is 4.74 Å². The highest BCUT2D eigenvalue weighted by molar-refractivity contribution is 7.89. The third-order valence-electron chi connectivity index (χ3n) is 6.47. The third kappa shape index (κ3) is 5.57. The second kappa shape index (κ2) is 10.1. The standard InChI is InChI=1S/C25H32N2O4S/c1-20(23-10-11-23)27(19-22-5-3-2-4-6-22)25(28)14-9-21-7-12-24(13-8-21)32(29,30)26-15-17-31-18-16-26/h2-8,12-13,20,23H,9-11,14-19H2,1H3. The van der Waals surface area contributed by atoms with Crippen LogP contribution in [0.1, 0.15) is 37.3 Å². The van der Waals surface area contributed by atoms with E-state index in [1.165, 1.54) is 17.1 Å². The average Bonchev–Trinajstić information content (AvgIpc) is 3.68. The number of nitrogens with zero attached hydrogens (tertiary/aromatic N) is 2. The lowest BCUT2D eigenvalue weighted by molar-refractivity contribution is -0.134. The van der Waals surface area contributed by atoms with E-state index in [1.54, 1.807) is 12.1 Å². The van der Waals surface area contributed by atoms with Gasteiger partial charge in [-0.3, -0.25) is 4.79 Å². The number of rotatable bonds is 9. The molecule has 7 heteroatoms. The van der Waals surface area contributed by atoms with E-state index in [0.717, 1.165) is 11.1 Å². The van der Waals surface area contributed by atoms with Crippen molar-refractivity contribution in [2.24, 2.45) is 5.92 Å². The molecule has 0 bridgehead atoms. The van der Waals surface area contributed by atoms with Crippen molar-refractivity contribution < 1.29 is 17.9 Å². The van der Waals surface area contributed by atoms with Gasteiger partial charge in [-0.1, -0.05) is 42.5 Å². The number of hydrogen-bond donors (Lipinski definition) is 0. The molecule has 2 aliphatic rings. The molecule has 1 aliphatic carbocycles. The average molecular weight is 457 g/mol. The minimum atomic E-state index is -3.49. The molecule has 1 unspecified atom stereocenters. The molecule has 1 saturated carbocycles. The number of carbonyl (C=O) groups excluding carboxylic acids is 1. The van der Waals surface area contributed by atoms with Crippen molar-refractivity contribution in [3.8, 4) is 0 Å². The lowest BCUT2D eigenvalue weighted by atomic mass is 10.1. The highest BCUT2D eigenvalue weighted by atomic mass is 32.2. The fourth-order valence-electron chi connectivity index (χ4n) is 4.23. The second-order valence-corrected chi connectivity index (χ2v) is 10.7. The number of aryl methyl sites for hydroxylation is 1. The van der Waals surface area contributed by atoms with Crippen LogP contribution in [0.15, 0.2) is 59.5 Å². The van der Waals surface area contributed by atoms with Crippen molar-refractivity contribution in [1.29, 1.82) is 0 Å². The molecule has 6 nitrogen and oxygen atoms in total. The Kier molecular flexibility index (Phi) is 7.28. The molecule has 1 saturated heterocycles. The number of sulfonamides is 1. The fraction of sp³-hybridized carbons (Fsp3) is 0.480. The van der Waals surface area contributed by atoms with Crippen LogP contribution >= 0.6 is 0 Å². The molecule has 2 aromatic carbocycles. The SMILES string of the molecule is CC(C1CC1)N(Cc1ccccc1)C(=O)CCc1ccc(S(=O)(=O)N2CCOCC2)cc1. The van der Waals surface area contributed by atoms with Crippen molar-refractivity contribution in [2.75, 3.05) is 26.3 Å². The van der Waals surface area contributed by atoms with Gasteiger partial charge in [-0.2, -0.15) is 4.31 Å². The molecule has 0 spiro atoms. The maximum Gasteiger partial charge on any atom is 0.243 e. The van der Waals surface area contributed by atoms with Crippen molar-refractivity contribution >= 4 is 15.9 Å². The van der Waals surface area contributed by atoms with E-state index < -0.39 is 10.0 Å². The summed E-state index contributed by atoms with van der Waals surface area (Å²) in [6.45, 7) is 4.41. The van der Waals surface area contributed by atoms with Gasteiger partial charge in [0.25, 0.3) is 0 Å². The Bertz CT molecular complexity index is 998. The van der Waals surface area contributed by atoms with E-state index in [9.17, 15) is 13.2 Å². The van der Waals surface area contributed by atoms with Crippen molar-refractivity contribution in [1.82, 2.24) is 9.21 Å². The molecule has 1 atom stereocenters. The van der Waals surface area contributed by atoms with E-state index in [2.05, 4.69) is 19.1 Å². The number of amides is 1. The summed E-state index contributed by atoms with van der Waals surface area (Å²) in [4.78, 5) is 15.5. The lowest BCUT2D eigenvalue weighted by Gasteiger charge is -2.30. The van der Waals surface area contributed by atoms with Gasteiger partial charge in [0.1, 0.15) is 0 Å². The molecule has 2 aromatic rings. The van der Waals surface area contributed by atoms with Crippen LogP contribution in [0, 0.1) is 5.92 Å². The van der Waals surface area contributed by atoms with Crippen molar-refractivity contribution in [2.45, 2.75) is 50.1 Å². The van der Waals surface area contributed by atoms with Gasteiger partial charge in [-0.15, -0.1) is 0 Å². The van der Waals surface area contributed by atoms with E-state index in [-0.39, 0.29) is 11.9 Å². The Morgan fingerprint density at radius 3 is 2.31 bits per heavy atom. The van der Waals surface area contributed by atoms with Gasteiger partial charge in [0.05, 0.1) is 18.1 Å². The molecular formula is C25H32N2O4S. The Balaban J connectivity index is 1.38. The molecule has 1 aliphatic heterocycles. The molecule has 0 radical (unpaired) electrons. The van der Waals surface area contributed by atoms with Crippen molar-refractivity contribution in [3.63, 3.8) is 0 Å². The summed E-state index contributed by atoms with van der Waals surface area (Å²) in [5.41, 5.74) is 2.11. The number of morpholine rings is 1. The van der Waals surface area contributed by atoms with Crippen LogP contribution in [-0.2, 0) is 32.5 Å². The zero-order valence-corrected chi connectivity index (χ0v) is 19.5. The molecular weight excluding hydrogens is 424 g/mol. The van der Waals surface area contributed by atoms with Crippen LogP contribution in [0.5, 0.6) is 0 Å². The summed E-state index contributed by atoms with van der Waals surface area (Å²) >= 11 is 0. The highest BCUT2D eigenvalue weighted by Crippen LogP contribution is 2.36.